The van der Waals surface area contributed by atoms with Crippen LogP contribution < -0.4 is 5.32 Å². The number of piperidine rings is 1. The molecule has 4 heteroatoms. The average molecular weight is 307 g/mol. The number of hydrogen-bond donors (Lipinski definition) is 1. The monoisotopic (exact) mass is 306 g/mol. The van der Waals surface area contributed by atoms with Gasteiger partial charge >= 0.3 is 0 Å². The maximum atomic E-state index is 13.0. The lowest BCUT2D eigenvalue weighted by Crippen LogP contribution is -2.43. The molecule has 1 aromatic rings. The van der Waals surface area contributed by atoms with Crippen LogP contribution in [0.2, 0.25) is 5.02 Å². The summed E-state index contributed by atoms with van der Waals surface area (Å²) in [5.41, 5.74) is 1.06. The fourth-order valence-electron chi connectivity index (χ4n) is 3.28. The van der Waals surface area contributed by atoms with Crippen LogP contribution in [0.1, 0.15) is 44.2 Å². The van der Waals surface area contributed by atoms with Gasteiger partial charge < -0.3 is 10.2 Å². The Bertz CT molecular complexity index is 509. The van der Waals surface area contributed by atoms with E-state index in [0.717, 1.165) is 49.4 Å². The third-order valence-electron chi connectivity index (χ3n) is 4.66. The molecule has 0 aromatic heterocycles. The molecule has 0 radical (unpaired) electrons. The minimum absolute atomic E-state index is 0.0635. The van der Waals surface area contributed by atoms with E-state index < -0.39 is 0 Å². The Balaban J connectivity index is 1.81. The SMILES string of the molecule is CC(c1ccccc1Cl)N(C(=O)C1CCNCC1)C1CC1. The van der Waals surface area contributed by atoms with Crippen molar-refractivity contribution in [1.29, 1.82) is 0 Å². The molecule has 3 rings (SSSR count). The van der Waals surface area contributed by atoms with Crippen LogP contribution in [-0.4, -0.2) is 29.9 Å². The van der Waals surface area contributed by atoms with Gasteiger partial charge in [0.15, 0.2) is 0 Å². The molecule has 2 aliphatic rings. The molecule has 3 nitrogen and oxygen atoms in total. The normalized spacial score (nSPS) is 21.0. The van der Waals surface area contributed by atoms with Crippen molar-refractivity contribution in [1.82, 2.24) is 10.2 Å². The highest BCUT2D eigenvalue weighted by molar-refractivity contribution is 6.31. The van der Waals surface area contributed by atoms with Crippen molar-refractivity contribution in [2.45, 2.75) is 44.7 Å². The third-order valence-corrected chi connectivity index (χ3v) is 5.00. The van der Waals surface area contributed by atoms with E-state index in [1.54, 1.807) is 0 Å². The molecule has 1 unspecified atom stereocenters. The van der Waals surface area contributed by atoms with Crippen LogP contribution in [0.3, 0.4) is 0 Å². The van der Waals surface area contributed by atoms with E-state index in [9.17, 15) is 4.79 Å². The molecular weight excluding hydrogens is 284 g/mol. The number of carbonyl (C=O) groups is 1. The maximum Gasteiger partial charge on any atom is 0.226 e. The lowest BCUT2D eigenvalue weighted by atomic mass is 9.95. The second-order valence-corrected chi connectivity index (χ2v) is 6.61. The molecule has 1 saturated carbocycles. The van der Waals surface area contributed by atoms with Crippen molar-refractivity contribution in [3.05, 3.63) is 34.9 Å². The highest BCUT2D eigenvalue weighted by atomic mass is 35.5. The fourth-order valence-corrected chi connectivity index (χ4v) is 3.58. The van der Waals surface area contributed by atoms with Crippen LogP contribution in [0, 0.1) is 5.92 Å². The van der Waals surface area contributed by atoms with Crippen molar-refractivity contribution in [3.63, 3.8) is 0 Å². The Kier molecular flexibility index (Phi) is 4.51. The zero-order valence-electron chi connectivity index (χ0n) is 12.5. The van der Waals surface area contributed by atoms with Crippen LogP contribution in [0.5, 0.6) is 0 Å². The topological polar surface area (TPSA) is 32.3 Å². The first-order valence-electron chi connectivity index (χ1n) is 7.96. The summed E-state index contributed by atoms with van der Waals surface area (Å²) in [6.07, 6.45) is 4.17. The molecule has 1 atom stereocenters. The molecule has 1 N–H and O–H groups in total. The largest absolute Gasteiger partial charge is 0.333 e. The van der Waals surface area contributed by atoms with E-state index in [0.29, 0.717) is 11.9 Å². The minimum atomic E-state index is 0.0635. The molecule has 1 saturated heterocycles. The van der Waals surface area contributed by atoms with E-state index >= 15 is 0 Å². The standard InChI is InChI=1S/C17H23ClN2O/c1-12(15-4-2-3-5-16(15)18)20(14-6-7-14)17(21)13-8-10-19-11-9-13/h2-5,12-14,19H,6-11H2,1H3. The summed E-state index contributed by atoms with van der Waals surface area (Å²) in [6.45, 7) is 4.02. The van der Waals surface area contributed by atoms with Gasteiger partial charge in [0.1, 0.15) is 0 Å². The smallest absolute Gasteiger partial charge is 0.226 e. The Hall–Kier alpha value is -1.06. The summed E-state index contributed by atoms with van der Waals surface area (Å²) in [6, 6.07) is 8.37. The van der Waals surface area contributed by atoms with Gasteiger partial charge in [0.05, 0.1) is 6.04 Å². The van der Waals surface area contributed by atoms with Crippen LogP contribution in [-0.2, 0) is 4.79 Å². The van der Waals surface area contributed by atoms with Gasteiger partial charge in [-0.15, -0.1) is 0 Å². The lowest BCUT2D eigenvalue weighted by Gasteiger charge is -2.34. The van der Waals surface area contributed by atoms with E-state index in [2.05, 4.69) is 17.1 Å². The third kappa shape index (κ3) is 3.24. The quantitative estimate of drug-likeness (QED) is 0.925. The number of nitrogens with zero attached hydrogens (tertiary/aromatic N) is 1. The number of amides is 1. The molecule has 1 amide bonds. The summed E-state index contributed by atoms with van der Waals surface area (Å²) in [4.78, 5) is 15.1. The van der Waals surface area contributed by atoms with Gasteiger partial charge in [0.25, 0.3) is 0 Å². The second kappa shape index (κ2) is 6.37. The number of benzene rings is 1. The van der Waals surface area contributed by atoms with Gasteiger partial charge in [-0.2, -0.15) is 0 Å². The molecular formula is C17H23ClN2O. The van der Waals surface area contributed by atoms with Crippen LogP contribution in [0.15, 0.2) is 24.3 Å². The van der Waals surface area contributed by atoms with Crippen LogP contribution >= 0.6 is 11.6 Å². The van der Waals surface area contributed by atoms with Crippen molar-refractivity contribution < 1.29 is 4.79 Å². The van der Waals surface area contributed by atoms with Gasteiger partial charge in [0.2, 0.25) is 5.91 Å². The number of hydrogen-bond acceptors (Lipinski definition) is 2. The van der Waals surface area contributed by atoms with Crippen molar-refractivity contribution in [2.75, 3.05) is 13.1 Å². The minimum Gasteiger partial charge on any atom is -0.333 e. The van der Waals surface area contributed by atoms with E-state index in [-0.39, 0.29) is 12.0 Å². The van der Waals surface area contributed by atoms with Gasteiger partial charge in [-0.1, -0.05) is 29.8 Å². The van der Waals surface area contributed by atoms with E-state index in [1.165, 1.54) is 0 Å². The first-order valence-corrected chi connectivity index (χ1v) is 8.33. The summed E-state index contributed by atoms with van der Waals surface area (Å²) in [5.74, 6) is 0.503. The molecule has 2 fully saturated rings. The predicted molar refractivity (Wildman–Crippen MR) is 85.3 cm³/mol. The number of halogens is 1. The molecule has 0 bridgehead atoms. The summed E-state index contributed by atoms with van der Waals surface area (Å²) >= 11 is 6.33. The predicted octanol–water partition coefficient (Wildman–Crippen LogP) is 3.39. The Labute approximate surface area is 131 Å². The summed E-state index contributed by atoms with van der Waals surface area (Å²) in [7, 11) is 0. The molecule has 114 valence electrons. The number of carbonyl (C=O) groups excluding carboxylic acids is 1. The van der Waals surface area contributed by atoms with E-state index in [4.69, 9.17) is 11.6 Å². The van der Waals surface area contributed by atoms with E-state index in [1.807, 2.05) is 24.3 Å². The summed E-state index contributed by atoms with van der Waals surface area (Å²) in [5, 5.41) is 4.09. The zero-order chi connectivity index (χ0) is 14.8. The highest BCUT2D eigenvalue weighted by Crippen LogP contribution is 2.38. The van der Waals surface area contributed by atoms with Gasteiger partial charge in [-0.25, -0.2) is 0 Å². The van der Waals surface area contributed by atoms with Gasteiger partial charge in [0, 0.05) is 17.0 Å². The Morgan fingerprint density at radius 1 is 1.24 bits per heavy atom. The first kappa shape index (κ1) is 14.9. The first-order chi connectivity index (χ1) is 10.2. The molecule has 1 heterocycles. The zero-order valence-corrected chi connectivity index (χ0v) is 13.3. The fraction of sp³-hybridized carbons (Fsp3) is 0.588. The van der Waals surface area contributed by atoms with Crippen LogP contribution in [0.4, 0.5) is 0 Å². The van der Waals surface area contributed by atoms with Crippen LogP contribution in [0.25, 0.3) is 0 Å². The molecule has 0 spiro atoms. The number of nitrogens with one attached hydrogen (secondary N) is 1. The van der Waals surface area contributed by atoms with Gasteiger partial charge in [-0.3, -0.25) is 4.79 Å². The number of rotatable bonds is 4. The van der Waals surface area contributed by atoms with Crippen molar-refractivity contribution in [2.24, 2.45) is 5.92 Å². The molecule has 1 aliphatic heterocycles. The summed E-state index contributed by atoms with van der Waals surface area (Å²) < 4.78 is 0. The average Bonchev–Trinajstić information content (AvgIpc) is 3.33. The van der Waals surface area contributed by atoms with Crippen molar-refractivity contribution >= 4 is 17.5 Å². The highest BCUT2D eigenvalue weighted by Gasteiger charge is 2.39. The molecule has 1 aromatic carbocycles. The van der Waals surface area contributed by atoms with Crippen molar-refractivity contribution in [3.8, 4) is 0 Å². The van der Waals surface area contributed by atoms with Gasteiger partial charge in [-0.05, 0) is 57.3 Å². The maximum absolute atomic E-state index is 13.0. The molecule has 21 heavy (non-hydrogen) atoms. The second-order valence-electron chi connectivity index (χ2n) is 6.20. The molecule has 1 aliphatic carbocycles. The lowest BCUT2D eigenvalue weighted by molar-refractivity contribution is -0.139. The Morgan fingerprint density at radius 2 is 1.90 bits per heavy atom. The Morgan fingerprint density at radius 3 is 2.52 bits per heavy atom.